The molecule has 1 N–H and O–H groups in total. The molecule has 1 aromatic carbocycles. The molecule has 7 nitrogen and oxygen atoms in total. The van der Waals surface area contributed by atoms with Gasteiger partial charge >= 0.3 is 12.0 Å². The second-order valence-corrected chi connectivity index (χ2v) is 7.01. The number of esters is 1. The minimum atomic E-state index is -0.473. The van der Waals surface area contributed by atoms with Crippen LogP contribution in [0.25, 0.3) is 0 Å². The van der Waals surface area contributed by atoms with Gasteiger partial charge in [-0.15, -0.1) is 0 Å². The van der Waals surface area contributed by atoms with Gasteiger partial charge < -0.3 is 19.9 Å². The summed E-state index contributed by atoms with van der Waals surface area (Å²) in [6, 6.07) is 9.62. The number of methoxy groups -OCH3 is 1. The molecule has 1 atom stereocenters. The Balaban J connectivity index is 1.62. The first-order chi connectivity index (χ1) is 12.5. The molecule has 2 aliphatic rings. The third kappa shape index (κ3) is 3.38. The number of piperidine rings is 1. The highest BCUT2D eigenvalue weighted by atomic mass is 16.5. The maximum absolute atomic E-state index is 12.8. The van der Waals surface area contributed by atoms with Crippen molar-refractivity contribution < 1.29 is 19.1 Å². The number of amides is 3. The van der Waals surface area contributed by atoms with E-state index >= 15 is 0 Å². The Bertz CT molecular complexity index is 683. The summed E-state index contributed by atoms with van der Waals surface area (Å²) in [6.07, 6.45) is 2.26. The van der Waals surface area contributed by atoms with Crippen molar-refractivity contribution in [1.82, 2.24) is 15.1 Å². The highest BCUT2D eigenvalue weighted by Crippen LogP contribution is 2.44. The van der Waals surface area contributed by atoms with Crippen molar-refractivity contribution in [2.45, 2.75) is 30.7 Å². The molecule has 2 aliphatic heterocycles. The predicted octanol–water partition coefficient (Wildman–Crippen LogP) is 1.35. The van der Waals surface area contributed by atoms with Crippen molar-refractivity contribution in [3.8, 4) is 0 Å². The lowest BCUT2D eigenvalue weighted by molar-refractivity contribution is -0.139. The molecule has 140 valence electrons. The lowest BCUT2D eigenvalue weighted by Crippen LogP contribution is -2.54. The molecule has 0 saturated carbocycles. The smallest absolute Gasteiger partial charge is 0.325 e. The summed E-state index contributed by atoms with van der Waals surface area (Å²) in [5.74, 6) is -0.431. The molecule has 7 heteroatoms. The Kier molecular flexibility index (Phi) is 5.15. The van der Waals surface area contributed by atoms with E-state index in [1.54, 1.807) is 4.90 Å². The lowest BCUT2D eigenvalue weighted by Gasteiger charge is -2.43. The molecule has 1 spiro atoms. The summed E-state index contributed by atoms with van der Waals surface area (Å²) in [5.41, 5.74) is 0.857. The number of benzene rings is 1. The van der Waals surface area contributed by atoms with Crippen molar-refractivity contribution in [3.63, 3.8) is 0 Å². The molecule has 2 heterocycles. The number of rotatable bonds is 3. The van der Waals surface area contributed by atoms with E-state index in [0.29, 0.717) is 13.1 Å². The number of carbonyl (C=O) groups excluding carboxylic acids is 3. The van der Waals surface area contributed by atoms with Crippen LogP contribution in [-0.4, -0.2) is 67.0 Å². The van der Waals surface area contributed by atoms with Gasteiger partial charge in [-0.1, -0.05) is 30.3 Å². The number of urea groups is 1. The van der Waals surface area contributed by atoms with E-state index in [-0.39, 0.29) is 29.9 Å². The Labute approximate surface area is 153 Å². The number of carbonyl (C=O) groups is 3. The van der Waals surface area contributed by atoms with Crippen molar-refractivity contribution >= 4 is 17.9 Å². The zero-order valence-corrected chi connectivity index (χ0v) is 15.2. The fourth-order valence-corrected chi connectivity index (χ4v) is 4.01. The van der Waals surface area contributed by atoms with Crippen LogP contribution in [0.1, 0.15) is 30.7 Å². The lowest BCUT2D eigenvalue weighted by atomic mass is 9.81. The van der Waals surface area contributed by atoms with E-state index in [2.05, 4.69) is 10.1 Å². The number of likely N-dealkylation sites (tertiary alicyclic amines) is 2. The van der Waals surface area contributed by atoms with E-state index in [9.17, 15) is 14.4 Å². The maximum atomic E-state index is 12.8. The average Bonchev–Trinajstić information content (AvgIpc) is 2.92. The summed E-state index contributed by atoms with van der Waals surface area (Å²) >= 11 is 0. The fraction of sp³-hybridized carbons (Fsp3) is 0.526. The minimum absolute atomic E-state index is 0.110. The summed E-state index contributed by atoms with van der Waals surface area (Å²) < 4.78 is 4.53. The summed E-state index contributed by atoms with van der Waals surface area (Å²) in [5, 5.41) is 2.57. The van der Waals surface area contributed by atoms with Crippen molar-refractivity contribution in [3.05, 3.63) is 35.9 Å². The van der Waals surface area contributed by atoms with Crippen LogP contribution in [0.4, 0.5) is 4.79 Å². The van der Waals surface area contributed by atoms with Gasteiger partial charge in [-0.05, 0) is 24.8 Å². The number of hydrogen-bond acceptors (Lipinski definition) is 4. The van der Waals surface area contributed by atoms with Crippen LogP contribution < -0.4 is 5.32 Å². The number of likely N-dealkylation sites (N-methyl/N-ethyl adjacent to an activating group) is 1. The normalized spacial score (nSPS) is 21.8. The van der Waals surface area contributed by atoms with Gasteiger partial charge in [0.05, 0.1) is 13.0 Å². The van der Waals surface area contributed by atoms with Gasteiger partial charge in [-0.2, -0.15) is 0 Å². The molecule has 0 bridgehead atoms. The molecule has 2 saturated heterocycles. The number of nitrogens with zero attached hydrogens (tertiary/aromatic N) is 2. The molecule has 0 radical (unpaired) electrons. The Hall–Kier alpha value is -2.57. The van der Waals surface area contributed by atoms with E-state index in [1.807, 2.05) is 42.3 Å². The molecule has 0 aromatic heterocycles. The second kappa shape index (κ2) is 7.35. The molecule has 1 aromatic rings. The summed E-state index contributed by atoms with van der Waals surface area (Å²) in [6.45, 7) is 0.990. The van der Waals surface area contributed by atoms with Crippen LogP contribution in [0.3, 0.4) is 0 Å². The third-order valence-electron chi connectivity index (χ3n) is 5.72. The third-order valence-corrected chi connectivity index (χ3v) is 5.72. The standard InChI is InChI=1S/C19H25N3O4/c1-21-17(24)15(14-6-4-3-5-7-14)12-19(21)8-10-22(11-9-19)18(25)20-13-16(23)26-2/h3-7,15H,8-13H2,1-2H3,(H,20,25). The molecule has 0 aliphatic carbocycles. The molecule has 2 fully saturated rings. The zero-order chi connectivity index (χ0) is 18.7. The van der Waals surface area contributed by atoms with Gasteiger partial charge in [0.25, 0.3) is 0 Å². The molecular weight excluding hydrogens is 334 g/mol. The molecule has 3 rings (SSSR count). The second-order valence-electron chi connectivity index (χ2n) is 7.01. The van der Waals surface area contributed by atoms with Crippen LogP contribution in [0.2, 0.25) is 0 Å². The van der Waals surface area contributed by atoms with Gasteiger partial charge in [-0.3, -0.25) is 9.59 Å². The molecule has 3 amide bonds. The Morgan fingerprint density at radius 3 is 2.50 bits per heavy atom. The topological polar surface area (TPSA) is 79.0 Å². The van der Waals surface area contributed by atoms with E-state index in [0.717, 1.165) is 24.8 Å². The fourth-order valence-electron chi connectivity index (χ4n) is 4.01. The number of hydrogen-bond donors (Lipinski definition) is 1. The first-order valence-corrected chi connectivity index (χ1v) is 8.89. The van der Waals surface area contributed by atoms with Crippen LogP contribution in [0.5, 0.6) is 0 Å². The number of ether oxygens (including phenoxy) is 1. The largest absolute Gasteiger partial charge is 0.468 e. The maximum Gasteiger partial charge on any atom is 0.325 e. The predicted molar refractivity (Wildman–Crippen MR) is 95.5 cm³/mol. The molecule has 26 heavy (non-hydrogen) atoms. The quantitative estimate of drug-likeness (QED) is 0.827. The van der Waals surface area contributed by atoms with Gasteiger partial charge in [0, 0.05) is 25.7 Å². The molecular formula is C19H25N3O4. The summed E-state index contributed by atoms with van der Waals surface area (Å²) in [4.78, 5) is 39.7. The van der Waals surface area contributed by atoms with Crippen molar-refractivity contribution in [2.75, 3.05) is 33.8 Å². The van der Waals surface area contributed by atoms with Gasteiger partial charge in [0.2, 0.25) is 5.91 Å². The van der Waals surface area contributed by atoms with Crippen molar-refractivity contribution in [2.24, 2.45) is 0 Å². The van der Waals surface area contributed by atoms with Crippen LogP contribution in [0, 0.1) is 0 Å². The zero-order valence-electron chi connectivity index (χ0n) is 15.2. The van der Waals surface area contributed by atoms with E-state index < -0.39 is 5.97 Å². The van der Waals surface area contributed by atoms with Crippen LogP contribution in [-0.2, 0) is 14.3 Å². The summed E-state index contributed by atoms with van der Waals surface area (Å²) in [7, 11) is 3.16. The first kappa shape index (κ1) is 18.2. The van der Waals surface area contributed by atoms with Crippen molar-refractivity contribution in [1.29, 1.82) is 0 Å². The monoisotopic (exact) mass is 359 g/mol. The first-order valence-electron chi connectivity index (χ1n) is 8.89. The van der Waals surface area contributed by atoms with Gasteiger partial charge in [0.15, 0.2) is 0 Å². The number of nitrogens with one attached hydrogen (secondary N) is 1. The minimum Gasteiger partial charge on any atom is -0.468 e. The highest BCUT2D eigenvalue weighted by Gasteiger charge is 2.50. The SMILES string of the molecule is COC(=O)CNC(=O)N1CCC2(CC1)CC(c1ccccc1)C(=O)N2C. The van der Waals surface area contributed by atoms with Crippen LogP contribution in [0.15, 0.2) is 30.3 Å². The van der Waals surface area contributed by atoms with Gasteiger partial charge in [0.1, 0.15) is 6.54 Å². The Morgan fingerprint density at radius 1 is 1.23 bits per heavy atom. The van der Waals surface area contributed by atoms with Gasteiger partial charge in [-0.25, -0.2) is 4.79 Å². The van der Waals surface area contributed by atoms with E-state index in [1.165, 1.54) is 7.11 Å². The highest BCUT2D eigenvalue weighted by molar-refractivity contribution is 5.87. The average molecular weight is 359 g/mol. The van der Waals surface area contributed by atoms with E-state index in [4.69, 9.17) is 0 Å². The Morgan fingerprint density at radius 2 is 1.88 bits per heavy atom. The van der Waals surface area contributed by atoms with Crippen LogP contribution >= 0.6 is 0 Å². The molecule has 1 unspecified atom stereocenters.